The van der Waals surface area contributed by atoms with Gasteiger partial charge in [0.1, 0.15) is 0 Å². The van der Waals surface area contributed by atoms with Gasteiger partial charge in [-0.1, -0.05) is 0 Å². The number of rotatable bonds is 4. The van der Waals surface area contributed by atoms with Crippen LogP contribution in [0.4, 0.5) is 4.79 Å². The van der Waals surface area contributed by atoms with E-state index in [1.807, 2.05) is 0 Å². The standard InChI is InChI=1S/C11H21N3O3/c1-11(2,9(15)12-3)7-13-10(16)14-8-4-5-17-6-8/h8H,4-7H2,1-3H3,(H,12,15)(H2,13,14,16). The normalized spacial score (nSPS) is 19.8. The van der Waals surface area contributed by atoms with E-state index in [9.17, 15) is 9.59 Å². The summed E-state index contributed by atoms with van der Waals surface area (Å²) in [5.41, 5.74) is -0.613. The zero-order valence-electron chi connectivity index (χ0n) is 10.6. The summed E-state index contributed by atoms with van der Waals surface area (Å²) in [7, 11) is 1.58. The van der Waals surface area contributed by atoms with Gasteiger partial charge in [-0.25, -0.2) is 4.79 Å². The van der Waals surface area contributed by atoms with Gasteiger partial charge < -0.3 is 20.7 Å². The lowest BCUT2D eigenvalue weighted by Gasteiger charge is -2.23. The Hall–Kier alpha value is -1.30. The number of carbonyl (C=O) groups excluding carboxylic acids is 2. The molecule has 1 saturated heterocycles. The molecule has 0 radical (unpaired) electrons. The molecule has 0 saturated carbocycles. The van der Waals surface area contributed by atoms with Crippen molar-refractivity contribution >= 4 is 11.9 Å². The molecule has 3 amide bonds. The highest BCUT2D eigenvalue weighted by molar-refractivity contribution is 5.83. The van der Waals surface area contributed by atoms with Crippen LogP contribution >= 0.6 is 0 Å². The molecule has 0 aromatic rings. The van der Waals surface area contributed by atoms with Crippen molar-refractivity contribution < 1.29 is 14.3 Å². The second-order valence-electron chi connectivity index (χ2n) is 4.85. The van der Waals surface area contributed by atoms with E-state index in [-0.39, 0.29) is 18.0 Å². The molecule has 1 aliphatic rings. The lowest BCUT2D eigenvalue weighted by molar-refractivity contribution is -0.128. The van der Waals surface area contributed by atoms with Gasteiger partial charge in [-0.3, -0.25) is 4.79 Å². The predicted molar refractivity (Wildman–Crippen MR) is 63.6 cm³/mol. The fraction of sp³-hybridized carbons (Fsp3) is 0.818. The fourth-order valence-corrected chi connectivity index (χ4v) is 1.60. The molecule has 1 aliphatic heterocycles. The summed E-state index contributed by atoms with van der Waals surface area (Å²) in [5, 5.41) is 8.07. The molecule has 17 heavy (non-hydrogen) atoms. The van der Waals surface area contributed by atoms with Crippen LogP contribution in [0, 0.1) is 5.41 Å². The van der Waals surface area contributed by atoms with E-state index in [2.05, 4.69) is 16.0 Å². The molecule has 0 bridgehead atoms. The van der Waals surface area contributed by atoms with E-state index in [0.29, 0.717) is 19.8 Å². The van der Waals surface area contributed by atoms with Gasteiger partial charge in [0.05, 0.1) is 18.1 Å². The highest BCUT2D eigenvalue weighted by Gasteiger charge is 2.27. The first kappa shape index (κ1) is 13.8. The SMILES string of the molecule is CNC(=O)C(C)(C)CNC(=O)NC1CCOC1. The van der Waals surface area contributed by atoms with E-state index in [1.54, 1.807) is 20.9 Å². The lowest BCUT2D eigenvalue weighted by Crippen LogP contribution is -2.48. The van der Waals surface area contributed by atoms with Gasteiger partial charge in [0.15, 0.2) is 0 Å². The summed E-state index contributed by atoms with van der Waals surface area (Å²) >= 11 is 0. The molecule has 98 valence electrons. The molecular weight excluding hydrogens is 222 g/mol. The molecule has 1 rings (SSSR count). The fourth-order valence-electron chi connectivity index (χ4n) is 1.60. The van der Waals surface area contributed by atoms with Crippen LogP contribution < -0.4 is 16.0 Å². The van der Waals surface area contributed by atoms with Crippen LogP contribution in [0.3, 0.4) is 0 Å². The average molecular weight is 243 g/mol. The monoisotopic (exact) mass is 243 g/mol. The number of hydrogen-bond donors (Lipinski definition) is 3. The largest absolute Gasteiger partial charge is 0.379 e. The Balaban J connectivity index is 2.29. The molecular formula is C11H21N3O3. The maximum absolute atomic E-state index is 11.5. The third kappa shape index (κ3) is 4.22. The quantitative estimate of drug-likeness (QED) is 0.642. The first-order valence-electron chi connectivity index (χ1n) is 5.80. The Kier molecular flexibility index (Phi) is 4.74. The van der Waals surface area contributed by atoms with Gasteiger partial charge in [-0.15, -0.1) is 0 Å². The van der Waals surface area contributed by atoms with Crippen molar-refractivity contribution in [1.82, 2.24) is 16.0 Å². The van der Waals surface area contributed by atoms with E-state index in [0.717, 1.165) is 6.42 Å². The van der Waals surface area contributed by atoms with Gasteiger partial charge in [0.2, 0.25) is 5.91 Å². The highest BCUT2D eigenvalue weighted by Crippen LogP contribution is 2.13. The summed E-state index contributed by atoms with van der Waals surface area (Å²) in [6, 6.07) is -0.171. The van der Waals surface area contributed by atoms with Crippen molar-refractivity contribution in [3.05, 3.63) is 0 Å². The summed E-state index contributed by atoms with van der Waals surface area (Å²) in [4.78, 5) is 23.0. The molecule has 0 aromatic heterocycles. The van der Waals surface area contributed by atoms with Gasteiger partial charge >= 0.3 is 6.03 Å². The maximum atomic E-state index is 11.5. The summed E-state index contributed by atoms with van der Waals surface area (Å²) in [5.74, 6) is -0.0954. The van der Waals surface area contributed by atoms with Crippen LogP contribution in [0.15, 0.2) is 0 Å². The first-order valence-corrected chi connectivity index (χ1v) is 5.80. The molecule has 1 fully saturated rings. The topological polar surface area (TPSA) is 79.5 Å². The van der Waals surface area contributed by atoms with Crippen molar-refractivity contribution in [3.63, 3.8) is 0 Å². The van der Waals surface area contributed by atoms with Crippen LogP contribution in [0.1, 0.15) is 20.3 Å². The summed E-state index contributed by atoms with van der Waals surface area (Å²) in [6.07, 6.45) is 0.840. The van der Waals surface area contributed by atoms with Crippen molar-refractivity contribution in [2.75, 3.05) is 26.8 Å². The minimum Gasteiger partial charge on any atom is -0.379 e. The smallest absolute Gasteiger partial charge is 0.315 e. The highest BCUT2D eigenvalue weighted by atomic mass is 16.5. The van der Waals surface area contributed by atoms with Gasteiger partial charge in [0.25, 0.3) is 0 Å². The maximum Gasteiger partial charge on any atom is 0.315 e. The van der Waals surface area contributed by atoms with Crippen molar-refractivity contribution in [3.8, 4) is 0 Å². The minimum absolute atomic E-state index is 0.0816. The second kappa shape index (κ2) is 5.86. The van der Waals surface area contributed by atoms with Gasteiger partial charge in [-0.2, -0.15) is 0 Å². The van der Waals surface area contributed by atoms with Crippen molar-refractivity contribution in [1.29, 1.82) is 0 Å². The van der Waals surface area contributed by atoms with Crippen LogP contribution in [0.25, 0.3) is 0 Å². The Bertz CT molecular complexity index is 286. The molecule has 1 unspecified atom stereocenters. The number of nitrogens with one attached hydrogen (secondary N) is 3. The molecule has 0 aliphatic carbocycles. The van der Waals surface area contributed by atoms with E-state index in [4.69, 9.17) is 4.74 Å². The predicted octanol–water partition coefficient (Wildman–Crippen LogP) is -0.153. The van der Waals surface area contributed by atoms with Crippen LogP contribution in [-0.2, 0) is 9.53 Å². The zero-order valence-corrected chi connectivity index (χ0v) is 10.6. The summed E-state index contributed by atoms with van der Waals surface area (Å²) < 4.78 is 5.15. The molecule has 3 N–H and O–H groups in total. The molecule has 6 heteroatoms. The van der Waals surface area contributed by atoms with Crippen LogP contribution in [-0.4, -0.2) is 44.8 Å². The number of ether oxygens (including phenoxy) is 1. The molecule has 1 heterocycles. The first-order chi connectivity index (χ1) is 7.95. The molecule has 6 nitrogen and oxygen atoms in total. The van der Waals surface area contributed by atoms with E-state index in [1.165, 1.54) is 0 Å². The Labute approximate surface area is 101 Å². The molecule has 1 atom stereocenters. The molecule has 0 spiro atoms. The Morgan fingerprint density at radius 1 is 1.41 bits per heavy atom. The minimum atomic E-state index is -0.613. The van der Waals surface area contributed by atoms with Crippen LogP contribution in [0.2, 0.25) is 0 Å². The van der Waals surface area contributed by atoms with E-state index < -0.39 is 5.41 Å². The molecule has 0 aromatic carbocycles. The third-order valence-corrected chi connectivity index (χ3v) is 2.80. The van der Waals surface area contributed by atoms with Gasteiger partial charge in [-0.05, 0) is 20.3 Å². The number of carbonyl (C=O) groups is 2. The number of hydrogen-bond acceptors (Lipinski definition) is 3. The number of amides is 3. The van der Waals surface area contributed by atoms with Crippen molar-refractivity contribution in [2.45, 2.75) is 26.3 Å². The third-order valence-electron chi connectivity index (χ3n) is 2.80. The van der Waals surface area contributed by atoms with Crippen molar-refractivity contribution in [2.24, 2.45) is 5.41 Å². The Morgan fingerprint density at radius 2 is 2.12 bits per heavy atom. The lowest BCUT2D eigenvalue weighted by atomic mass is 9.92. The van der Waals surface area contributed by atoms with Gasteiger partial charge in [0, 0.05) is 20.2 Å². The van der Waals surface area contributed by atoms with Crippen LogP contribution in [0.5, 0.6) is 0 Å². The average Bonchev–Trinajstić information content (AvgIpc) is 2.78. The second-order valence-corrected chi connectivity index (χ2v) is 4.85. The zero-order chi connectivity index (χ0) is 12.9. The van der Waals surface area contributed by atoms with E-state index >= 15 is 0 Å². The summed E-state index contributed by atoms with van der Waals surface area (Å²) in [6.45, 7) is 5.11. The Morgan fingerprint density at radius 3 is 2.65 bits per heavy atom. The number of urea groups is 1.